The Labute approximate surface area is 99.9 Å². The molecule has 0 saturated heterocycles. The molecular formula is C11H18N2S2. The van der Waals surface area contributed by atoms with Gasteiger partial charge in [0.1, 0.15) is 0 Å². The highest BCUT2D eigenvalue weighted by Crippen LogP contribution is 2.39. The lowest BCUT2D eigenvalue weighted by atomic mass is 10.1. The highest BCUT2D eigenvalue weighted by molar-refractivity contribution is 8.00. The van der Waals surface area contributed by atoms with Crippen molar-refractivity contribution >= 4 is 23.1 Å². The van der Waals surface area contributed by atoms with Crippen LogP contribution in [0, 0.1) is 0 Å². The maximum Gasteiger partial charge on any atom is 0.0794 e. The van der Waals surface area contributed by atoms with Gasteiger partial charge in [-0.15, -0.1) is 11.3 Å². The molecular weight excluding hydrogens is 224 g/mol. The van der Waals surface area contributed by atoms with Gasteiger partial charge >= 0.3 is 0 Å². The first-order valence-corrected chi connectivity index (χ1v) is 7.58. The smallest absolute Gasteiger partial charge is 0.0794 e. The minimum Gasteiger partial charge on any atom is -0.310 e. The Balaban J connectivity index is 1.77. The predicted octanol–water partition coefficient (Wildman–Crippen LogP) is 2.91. The molecule has 0 amide bonds. The Kier molecular flexibility index (Phi) is 4.05. The van der Waals surface area contributed by atoms with Gasteiger partial charge in [-0.3, -0.25) is 4.98 Å². The minimum absolute atomic E-state index is 0.519. The third-order valence-corrected chi connectivity index (χ3v) is 5.38. The Bertz CT molecular complexity index is 279. The molecule has 0 aromatic carbocycles. The number of thioether (sulfide) groups is 1. The number of hydrogen-bond donors (Lipinski definition) is 1. The summed E-state index contributed by atoms with van der Waals surface area (Å²) >= 11 is 3.77. The maximum absolute atomic E-state index is 4.08. The van der Waals surface area contributed by atoms with Crippen LogP contribution in [0.1, 0.15) is 30.6 Å². The topological polar surface area (TPSA) is 24.9 Å². The van der Waals surface area contributed by atoms with Crippen molar-refractivity contribution in [3.05, 3.63) is 16.6 Å². The van der Waals surface area contributed by atoms with Crippen LogP contribution in [0.2, 0.25) is 0 Å². The average Bonchev–Trinajstić information content (AvgIpc) is 2.89. The van der Waals surface area contributed by atoms with Crippen molar-refractivity contribution in [3.63, 3.8) is 0 Å². The second kappa shape index (κ2) is 5.32. The van der Waals surface area contributed by atoms with Crippen molar-refractivity contribution in [3.8, 4) is 0 Å². The number of hydrogen-bond acceptors (Lipinski definition) is 4. The van der Waals surface area contributed by atoms with E-state index in [0.717, 1.165) is 13.1 Å². The van der Waals surface area contributed by atoms with E-state index < -0.39 is 0 Å². The quantitative estimate of drug-likeness (QED) is 0.859. The maximum atomic E-state index is 4.08. The molecule has 1 aromatic heterocycles. The van der Waals surface area contributed by atoms with Crippen molar-refractivity contribution in [1.82, 2.24) is 10.3 Å². The van der Waals surface area contributed by atoms with E-state index in [2.05, 4.69) is 16.6 Å². The highest BCUT2D eigenvalue weighted by Gasteiger charge is 2.32. The zero-order valence-corrected chi connectivity index (χ0v) is 10.8. The number of thiazole rings is 1. The van der Waals surface area contributed by atoms with Gasteiger partial charge in [0.25, 0.3) is 0 Å². The van der Waals surface area contributed by atoms with Crippen molar-refractivity contribution in [2.24, 2.45) is 0 Å². The molecule has 4 heteroatoms. The molecule has 2 nitrogen and oxygen atoms in total. The Morgan fingerprint density at radius 1 is 1.53 bits per heavy atom. The molecule has 1 N–H and O–H groups in total. The average molecular weight is 242 g/mol. The molecule has 1 aliphatic carbocycles. The van der Waals surface area contributed by atoms with Gasteiger partial charge in [0.05, 0.1) is 5.51 Å². The van der Waals surface area contributed by atoms with Crippen LogP contribution in [-0.2, 0) is 6.54 Å². The Morgan fingerprint density at radius 3 is 2.93 bits per heavy atom. The Morgan fingerprint density at radius 2 is 2.33 bits per heavy atom. The fourth-order valence-electron chi connectivity index (χ4n) is 2.22. The molecule has 0 atom stereocenters. The molecule has 2 rings (SSSR count). The molecule has 15 heavy (non-hydrogen) atoms. The van der Waals surface area contributed by atoms with Gasteiger partial charge in [0, 0.05) is 28.9 Å². The lowest BCUT2D eigenvalue weighted by Crippen LogP contribution is -2.34. The van der Waals surface area contributed by atoms with E-state index in [4.69, 9.17) is 0 Å². The first-order valence-electron chi connectivity index (χ1n) is 5.48. The van der Waals surface area contributed by atoms with Crippen LogP contribution >= 0.6 is 23.1 Å². The van der Waals surface area contributed by atoms with Gasteiger partial charge < -0.3 is 5.32 Å². The molecule has 0 bridgehead atoms. The Hall–Kier alpha value is -0.0600. The molecule has 0 unspecified atom stereocenters. The van der Waals surface area contributed by atoms with E-state index in [-0.39, 0.29) is 0 Å². The van der Waals surface area contributed by atoms with Crippen LogP contribution in [0.5, 0.6) is 0 Å². The van der Waals surface area contributed by atoms with Crippen molar-refractivity contribution in [1.29, 1.82) is 0 Å². The summed E-state index contributed by atoms with van der Waals surface area (Å²) in [6.45, 7) is 2.12. The monoisotopic (exact) mass is 242 g/mol. The summed E-state index contributed by atoms with van der Waals surface area (Å²) in [6.07, 6.45) is 9.78. The predicted molar refractivity (Wildman–Crippen MR) is 68.5 cm³/mol. The standard InChI is InChI=1S/C11H18N2S2/c1-14-11(4-2-3-5-11)8-12-6-10-7-13-9-15-10/h7,9,12H,2-6,8H2,1H3. The largest absolute Gasteiger partial charge is 0.310 e. The summed E-state index contributed by atoms with van der Waals surface area (Å²) in [7, 11) is 0. The van der Waals surface area contributed by atoms with E-state index in [1.54, 1.807) is 11.3 Å². The van der Waals surface area contributed by atoms with Crippen LogP contribution in [0.4, 0.5) is 0 Å². The number of aromatic nitrogens is 1. The van der Waals surface area contributed by atoms with Crippen LogP contribution < -0.4 is 5.32 Å². The molecule has 1 aromatic rings. The zero-order chi connectivity index (χ0) is 10.6. The van der Waals surface area contributed by atoms with Crippen LogP contribution in [0.15, 0.2) is 11.7 Å². The van der Waals surface area contributed by atoms with Gasteiger partial charge in [0.2, 0.25) is 0 Å². The van der Waals surface area contributed by atoms with E-state index in [1.807, 2.05) is 23.5 Å². The summed E-state index contributed by atoms with van der Waals surface area (Å²) in [5.41, 5.74) is 1.90. The highest BCUT2D eigenvalue weighted by atomic mass is 32.2. The van der Waals surface area contributed by atoms with E-state index in [1.165, 1.54) is 30.6 Å². The van der Waals surface area contributed by atoms with Gasteiger partial charge in [-0.25, -0.2) is 0 Å². The summed E-state index contributed by atoms with van der Waals surface area (Å²) in [5.74, 6) is 0. The number of nitrogens with zero attached hydrogens (tertiary/aromatic N) is 1. The fraction of sp³-hybridized carbons (Fsp3) is 0.727. The van der Waals surface area contributed by atoms with Crippen molar-refractivity contribution in [2.45, 2.75) is 37.0 Å². The van der Waals surface area contributed by atoms with Crippen LogP contribution in [-0.4, -0.2) is 22.5 Å². The van der Waals surface area contributed by atoms with Crippen molar-refractivity contribution < 1.29 is 0 Å². The van der Waals surface area contributed by atoms with E-state index in [0.29, 0.717) is 4.75 Å². The van der Waals surface area contributed by atoms with E-state index >= 15 is 0 Å². The second-order valence-electron chi connectivity index (χ2n) is 4.17. The minimum atomic E-state index is 0.519. The summed E-state index contributed by atoms with van der Waals surface area (Å²) < 4.78 is 0.519. The molecule has 1 saturated carbocycles. The summed E-state index contributed by atoms with van der Waals surface area (Å²) in [6, 6.07) is 0. The molecule has 1 aliphatic rings. The van der Waals surface area contributed by atoms with Gasteiger partial charge in [0.15, 0.2) is 0 Å². The van der Waals surface area contributed by atoms with Crippen LogP contribution in [0.25, 0.3) is 0 Å². The lowest BCUT2D eigenvalue weighted by Gasteiger charge is -2.26. The number of rotatable bonds is 5. The third-order valence-electron chi connectivity index (χ3n) is 3.18. The first kappa shape index (κ1) is 11.4. The number of nitrogens with one attached hydrogen (secondary N) is 1. The molecule has 0 radical (unpaired) electrons. The normalized spacial score (nSPS) is 19.5. The molecule has 1 fully saturated rings. The summed E-state index contributed by atoms with van der Waals surface area (Å²) in [4.78, 5) is 5.42. The summed E-state index contributed by atoms with van der Waals surface area (Å²) in [5, 5.41) is 3.57. The third kappa shape index (κ3) is 2.95. The van der Waals surface area contributed by atoms with Gasteiger partial charge in [-0.05, 0) is 19.1 Å². The SMILES string of the molecule is CSC1(CNCc2cncs2)CCCC1. The van der Waals surface area contributed by atoms with Gasteiger partial charge in [-0.2, -0.15) is 11.8 Å². The second-order valence-corrected chi connectivity index (χ2v) is 6.41. The van der Waals surface area contributed by atoms with Gasteiger partial charge in [-0.1, -0.05) is 12.8 Å². The van der Waals surface area contributed by atoms with Crippen LogP contribution in [0.3, 0.4) is 0 Å². The van der Waals surface area contributed by atoms with E-state index in [9.17, 15) is 0 Å². The molecule has 1 heterocycles. The van der Waals surface area contributed by atoms with Crippen molar-refractivity contribution in [2.75, 3.05) is 12.8 Å². The first-order chi connectivity index (χ1) is 7.35. The molecule has 0 aliphatic heterocycles. The molecule has 0 spiro atoms. The fourth-order valence-corrected chi connectivity index (χ4v) is 3.72. The lowest BCUT2D eigenvalue weighted by molar-refractivity contribution is 0.535. The zero-order valence-electron chi connectivity index (χ0n) is 9.16. The molecule has 84 valence electrons.